The molecule has 1 aromatic heterocycles. The molecule has 0 unspecified atom stereocenters. The second-order valence-electron chi connectivity index (χ2n) is 8.58. The van der Waals surface area contributed by atoms with Crippen LogP contribution >= 0.6 is 22.6 Å². The van der Waals surface area contributed by atoms with Gasteiger partial charge in [0.25, 0.3) is 0 Å². The van der Waals surface area contributed by atoms with Crippen LogP contribution in [0.25, 0.3) is 0 Å². The van der Waals surface area contributed by atoms with Crippen molar-refractivity contribution in [2.45, 2.75) is 37.0 Å². The lowest BCUT2D eigenvalue weighted by atomic mass is 9.80. The van der Waals surface area contributed by atoms with Gasteiger partial charge >= 0.3 is 18.6 Å². The van der Waals surface area contributed by atoms with E-state index in [1.807, 2.05) is 30.3 Å². The van der Waals surface area contributed by atoms with Gasteiger partial charge in [-0.15, -0.1) is 0 Å². The molecule has 6 nitrogen and oxygen atoms in total. The third kappa shape index (κ3) is 6.69. The Hall–Kier alpha value is -2.93. The summed E-state index contributed by atoms with van der Waals surface area (Å²) >= 11 is 2.10. The summed E-state index contributed by atoms with van der Waals surface area (Å²) in [5.74, 6) is -0.475. The molecule has 4 rings (SSSR count). The number of carbonyl (C=O) groups is 1. The van der Waals surface area contributed by atoms with Gasteiger partial charge in [-0.3, -0.25) is 4.98 Å². The smallest absolute Gasteiger partial charge is 0.428 e. The van der Waals surface area contributed by atoms with Crippen molar-refractivity contribution in [3.8, 4) is 5.75 Å². The standard InChI is InChI=1S/C26H24F4IN3O3/c27-23(28)26(29,30)37-21-8-4-7-18(13-21)25(14-17-5-2-1-3-6-17,22-10-9-19(31)15-32-22)34-24(35)33-20-11-12-36-16-20/h1-10,13,15,20,23H,11-12,14,16H2,(H2,33,34,35)/t20-,25+/m1/s1. The van der Waals surface area contributed by atoms with E-state index in [-0.39, 0.29) is 12.5 Å². The zero-order valence-electron chi connectivity index (χ0n) is 19.5. The first-order valence-electron chi connectivity index (χ1n) is 11.5. The van der Waals surface area contributed by atoms with Gasteiger partial charge in [-0.1, -0.05) is 42.5 Å². The fourth-order valence-electron chi connectivity index (χ4n) is 4.14. The first kappa shape index (κ1) is 27.1. The van der Waals surface area contributed by atoms with Gasteiger partial charge in [0.2, 0.25) is 0 Å². The van der Waals surface area contributed by atoms with Crippen LogP contribution in [0.2, 0.25) is 0 Å². The number of aromatic nitrogens is 1. The largest absolute Gasteiger partial charge is 0.461 e. The highest BCUT2D eigenvalue weighted by Gasteiger charge is 2.45. The molecule has 0 aliphatic carbocycles. The lowest BCUT2D eigenvalue weighted by Gasteiger charge is -2.36. The summed E-state index contributed by atoms with van der Waals surface area (Å²) in [4.78, 5) is 17.8. The summed E-state index contributed by atoms with van der Waals surface area (Å²) in [7, 11) is 0. The highest BCUT2D eigenvalue weighted by Crippen LogP contribution is 2.36. The highest BCUT2D eigenvalue weighted by molar-refractivity contribution is 14.1. The molecule has 0 radical (unpaired) electrons. The predicted octanol–water partition coefficient (Wildman–Crippen LogP) is 5.50. The lowest BCUT2D eigenvalue weighted by molar-refractivity contribution is -0.253. The molecule has 3 aromatic rings. The molecule has 0 saturated carbocycles. The van der Waals surface area contributed by atoms with E-state index in [1.165, 1.54) is 12.1 Å². The van der Waals surface area contributed by atoms with Crippen molar-refractivity contribution in [1.29, 1.82) is 0 Å². The molecular formula is C26H24F4IN3O3. The maximum Gasteiger partial charge on any atom is 0.461 e. The normalized spacial score (nSPS) is 17.3. The van der Waals surface area contributed by atoms with Crippen LogP contribution in [0.5, 0.6) is 5.75 Å². The number of rotatable bonds is 9. The van der Waals surface area contributed by atoms with Crippen molar-refractivity contribution in [2.75, 3.05) is 13.2 Å². The van der Waals surface area contributed by atoms with Crippen molar-refractivity contribution in [3.63, 3.8) is 0 Å². The molecule has 1 fully saturated rings. The van der Waals surface area contributed by atoms with E-state index < -0.39 is 29.9 Å². The summed E-state index contributed by atoms with van der Waals surface area (Å²) in [5.41, 5.74) is 0.198. The molecule has 1 saturated heterocycles. The molecular weight excluding hydrogens is 605 g/mol. The summed E-state index contributed by atoms with van der Waals surface area (Å²) in [6.07, 6.45) is -6.25. The number of alkyl halides is 4. The summed E-state index contributed by atoms with van der Waals surface area (Å²) in [6.45, 7) is 0.892. The van der Waals surface area contributed by atoms with Gasteiger partial charge < -0.3 is 20.1 Å². The van der Waals surface area contributed by atoms with Gasteiger partial charge in [0.1, 0.15) is 11.3 Å². The minimum absolute atomic E-state index is 0.185. The number of pyridine rings is 1. The second kappa shape index (κ2) is 11.6. The third-order valence-corrected chi connectivity index (χ3v) is 6.54. The Kier molecular flexibility index (Phi) is 8.53. The first-order valence-corrected chi connectivity index (χ1v) is 12.5. The minimum Gasteiger partial charge on any atom is -0.428 e. The maximum absolute atomic E-state index is 13.7. The molecule has 2 amide bonds. The molecule has 11 heteroatoms. The number of nitrogens with zero attached hydrogens (tertiary/aromatic N) is 1. The van der Waals surface area contributed by atoms with Crippen LogP contribution in [-0.4, -0.2) is 42.8 Å². The number of carbonyl (C=O) groups excluding carboxylic acids is 1. The van der Waals surface area contributed by atoms with E-state index in [1.54, 1.807) is 24.4 Å². The first-order chi connectivity index (χ1) is 17.7. The number of benzene rings is 2. The Morgan fingerprint density at radius 3 is 2.57 bits per heavy atom. The topological polar surface area (TPSA) is 72.5 Å². The number of hydrogen-bond donors (Lipinski definition) is 2. The van der Waals surface area contributed by atoms with Crippen LogP contribution in [0.15, 0.2) is 72.9 Å². The van der Waals surface area contributed by atoms with E-state index in [0.717, 1.165) is 15.2 Å². The quantitative estimate of drug-likeness (QED) is 0.243. The van der Waals surface area contributed by atoms with Crippen LogP contribution < -0.4 is 15.4 Å². The van der Waals surface area contributed by atoms with Gasteiger partial charge in [0, 0.05) is 22.8 Å². The minimum atomic E-state index is -4.69. The number of nitrogens with one attached hydrogen (secondary N) is 2. The lowest BCUT2D eigenvalue weighted by Crippen LogP contribution is -2.54. The van der Waals surface area contributed by atoms with Gasteiger partial charge in [-0.25, -0.2) is 4.79 Å². The number of hydrogen-bond acceptors (Lipinski definition) is 4. The molecule has 196 valence electrons. The number of ether oxygens (including phenoxy) is 2. The second-order valence-corrected chi connectivity index (χ2v) is 9.83. The molecule has 0 bridgehead atoms. The van der Waals surface area contributed by atoms with E-state index >= 15 is 0 Å². The molecule has 2 heterocycles. The Labute approximate surface area is 224 Å². The third-order valence-electron chi connectivity index (χ3n) is 5.90. The molecule has 1 aliphatic rings. The monoisotopic (exact) mass is 629 g/mol. The van der Waals surface area contributed by atoms with E-state index in [9.17, 15) is 22.4 Å². The fraction of sp³-hybridized carbons (Fsp3) is 0.308. The van der Waals surface area contributed by atoms with Crippen LogP contribution in [0.3, 0.4) is 0 Å². The van der Waals surface area contributed by atoms with Gasteiger partial charge in [0.05, 0.1) is 18.3 Å². The molecule has 2 aromatic carbocycles. The Morgan fingerprint density at radius 2 is 1.92 bits per heavy atom. The fourth-order valence-corrected chi connectivity index (χ4v) is 4.46. The Bertz CT molecular complexity index is 1200. The van der Waals surface area contributed by atoms with Crippen LogP contribution in [0, 0.1) is 3.57 Å². The molecule has 37 heavy (non-hydrogen) atoms. The number of amides is 2. The van der Waals surface area contributed by atoms with Crippen LogP contribution in [0.4, 0.5) is 22.4 Å². The van der Waals surface area contributed by atoms with Crippen LogP contribution in [-0.2, 0) is 16.7 Å². The average Bonchev–Trinajstić information content (AvgIpc) is 3.37. The summed E-state index contributed by atoms with van der Waals surface area (Å²) in [5, 5.41) is 5.89. The highest BCUT2D eigenvalue weighted by atomic mass is 127. The predicted molar refractivity (Wildman–Crippen MR) is 137 cm³/mol. The maximum atomic E-state index is 13.7. The zero-order chi connectivity index (χ0) is 26.5. The van der Waals surface area contributed by atoms with E-state index in [2.05, 4.69) is 42.9 Å². The van der Waals surface area contributed by atoms with E-state index in [0.29, 0.717) is 30.9 Å². The molecule has 2 N–H and O–H groups in total. The number of halogens is 5. The van der Waals surface area contributed by atoms with Crippen LogP contribution in [0.1, 0.15) is 23.2 Å². The molecule has 2 atom stereocenters. The Morgan fingerprint density at radius 1 is 1.14 bits per heavy atom. The van der Waals surface area contributed by atoms with Crippen molar-refractivity contribution in [2.24, 2.45) is 0 Å². The molecule has 1 aliphatic heterocycles. The van der Waals surface area contributed by atoms with Crippen molar-refractivity contribution < 1.29 is 31.8 Å². The number of urea groups is 1. The Balaban J connectivity index is 1.82. The van der Waals surface area contributed by atoms with Crippen molar-refractivity contribution >= 4 is 28.6 Å². The average molecular weight is 629 g/mol. The van der Waals surface area contributed by atoms with Crippen molar-refractivity contribution in [1.82, 2.24) is 15.6 Å². The van der Waals surface area contributed by atoms with E-state index in [4.69, 9.17) is 4.74 Å². The summed E-state index contributed by atoms with van der Waals surface area (Å²) in [6, 6.07) is 17.4. The molecule has 0 spiro atoms. The van der Waals surface area contributed by atoms with Gasteiger partial charge in [-0.2, -0.15) is 17.6 Å². The van der Waals surface area contributed by atoms with Gasteiger partial charge in [-0.05, 0) is 64.4 Å². The zero-order valence-corrected chi connectivity index (χ0v) is 21.6. The summed E-state index contributed by atoms with van der Waals surface area (Å²) < 4.78 is 63.7. The SMILES string of the molecule is O=C(N[C@@H]1CCOC1)N[C@@](Cc1ccccc1)(c1cccc(OC(F)(F)C(F)F)c1)c1ccc(I)cn1. The van der Waals surface area contributed by atoms with Gasteiger partial charge in [0.15, 0.2) is 0 Å². The van der Waals surface area contributed by atoms with Crippen molar-refractivity contribution in [3.05, 3.63) is 93.3 Å².